The average molecular weight is 342 g/mol. The van der Waals surface area contributed by atoms with E-state index in [1.807, 2.05) is 0 Å². The van der Waals surface area contributed by atoms with Crippen molar-refractivity contribution < 1.29 is 27.5 Å². The van der Waals surface area contributed by atoms with Gasteiger partial charge in [-0.1, -0.05) is 0 Å². The number of sulfonamides is 1. The van der Waals surface area contributed by atoms with E-state index in [1.54, 1.807) is 0 Å². The van der Waals surface area contributed by atoms with Gasteiger partial charge in [-0.3, -0.25) is 14.3 Å². The Morgan fingerprint density at radius 3 is 2.74 bits per heavy atom. The van der Waals surface area contributed by atoms with Crippen molar-refractivity contribution in [3.63, 3.8) is 0 Å². The molecule has 0 radical (unpaired) electrons. The molecule has 2 heterocycles. The van der Waals surface area contributed by atoms with E-state index < -0.39 is 21.9 Å². The van der Waals surface area contributed by atoms with Gasteiger partial charge in [0.2, 0.25) is 5.09 Å². The predicted octanol–water partition coefficient (Wildman–Crippen LogP) is 0.0633. The molecule has 2 aromatic heterocycles. The van der Waals surface area contributed by atoms with Crippen molar-refractivity contribution in [2.45, 2.75) is 11.6 Å². The maximum absolute atomic E-state index is 12.0. The second-order valence-corrected chi connectivity index (χ2v) is 6.77. The molecule has 0 fully saturated rings. The lowest BCUT2D eigenvalue weighted by Gasteiger charge is -2.07. The first-order valence-corrected chi connectivity index (χ1v) is 7.72. The molecule has 124 valence electrons. The molecule has 10 nitrogen and oxygen atoms in total. The standard InChI is InChI=1S/C12H14N4O6S/c1-15(2)23(20,21)11-5-8(7-22-11)12(19)13-9-3-4-16(14-9)6-10(17)18/h3-5,7H,6H2,1-2H3,(H,17,18)(H,13,14,19). The number of rotatable bonds is 6. The predicted molar refractivity (Wildman–Crippen MR) is 77.4 cm³/mol. The van der Waals surface area contributed by atoms with E-state index in [0.717, 1.165) is 21.3 Å². The summed E-state index contributed by atoms with van der Waals surface area (Å²) >= 11 is 0. The first kappa shape index (κ1) is 16.7. The van der Waals surface area contributed by atoms with Gasteiger partial charge < -0.3 is 14.8 Å². The first-order valence-electron chi connectivity index (χ1n) is 6.28. The smallest absolute Gasteiger partial charge is 0.325 e. The summed E-state index contributed by atoms with van der Waals surface area (Å²) in [5.74, 6) is -1.57. The maximum Gasteiger partial charge on any atom is 0.325 e. The number of carboxylic acids is 1. The molecule has 1 amide bonds. The molecule has 0 unspecified atom stereocenters. The van der Waals surface area contributed by atoms with E-state index in [4.69, 9.17) is 9.52 Å². The fourth-order valence-electron chi connectivity index (χ4n) is 1.59. The summed E-state index contributed by atoms with van der Waals surface area (Å²) < 4.78 is 30.7. The monoisotopic (exact) mass is 342 g/mol. The number of aliphatic carboxylic acids is 1. The number of aromatic nitrogens is 2. The molecule has 0 saturated heterocycles. The van der Waals surface area contributed by atoms with Gasteiger partial charge in [0, 0.05) is 32.4 Å². The van der Waals surface area contributed by atoms with E-state index in [2.05, 4.69) is 10.4 Å². The van der Waals surface area contributed by atoms with Crippen LogP contribution in [0.2, 0.25) is 0 Å². The fraction of sp³-hybridized carbons (Fsp3) is 0.250. The topological polar surface area (TPSA) is 135 Å². The highest BCUT2D eigenvalue weighted by Gasteiger charge is 2.23. The van der Waals surface area contributed by atoms with Crippen molar-refractivity contribution in [2.75, 3.05) is 19.4 Å². The molecule has 23 heavy (non-hydrogen) atoms. The second-order valence-electron chi connectivity index (χ2n) is 4.69. The number of amides is 1. The van der Waals surface area contributed by atoms with Gasteiger partial charge in [0.25, 0.3) is 15.9 Å². The van der Waals surface area contributed by atoms with E-state index in [1.165, 1.54) is 26.4 Å². The number of carbonyl (C=O) groups excluding carboxylic acids is 1. The lowest BCUT2D eigenvalue weighted by Crippen LogP contribution is -2.21. The van der Waals surface area contributed by atoms with Crippen molar-refractivity contribution in [3.8, 4) is 0 Å². The van der Waals surface area contributed by atoms with Gasteiger partial charge in [-0.2, -0.15) is 5.10 Å². The largest absolute Gasteiger partial charge is 0.480 e. The van der Waals surface area contributed by atoms with E-state index in [-0.39, 0.29) is 23.0 Å². The highest BCUT2D eigenvalue weighted by molar-refractivity contribution is 7.88. The van der Waals surface area contributed by atoms with Crippen LogP contribution in [0.3, 0.4) is 0 Å². The number of furan rings is 1. The summed E-state index contributed by atoms with van der Waals surface area (Å²) in [4.78, 5) is 22.6. The van der Waals surface area contributed by atoms with Crippen molar-refractivity contribution in [2.24, 2.45) is 0 Å². The zero-order chi connectivity index (χ0) is 17.2. The summed E-state index contributed by atoms with van der Waals surface area (Å²) in [6.07, 6.45) is 2.40. The maximum atomic E-state index is 12.0. The molecule has 2 aromatic rings. The van der Waals surface area contributed by atoms with Crippen LogP contribution in [0.5, 0.6) is 0 Å². The van der Waals surface area contributed by atoms with Gasteiger partial charge >= 0.3 is 5.97 Å². The number of carbonyl (C=O) groups is 2. The first-order chi connectivity index (χ1) is 10.7. The minimum atomic E-state index is -3.77. The van der Waals surface area contributed by atoms with Crippen LogP contribution in [0.1, 0.15) is 10.4 Å². The zero-order valence-electron chi connectivity index (χ0n) is 12.3. The molecule has 0 spiro atoms. The van der Waals surface area contributed by atoms with E-state index >= 15 is 0 Å². The summed E-state index contributed by atoms with van der Waals surface area (Å²) in [7, 11) is -1.09. The Hall–Kier alpha value is -2.66. The van der Waals surface area contributed by atoms with Crippen LogP contribution >= 0.6 is 0 Å². The minimum absolute atomic E-state index is 0.00166. The molecule has 0 aromatic carbocycles. The Bertz CT molecular complexity index is 835. The van der Waals surface area contributed by atoms with E-state index in [9.17, 15) is 18.0 Å². The Balaban J connectivity index is 2.11. The third-order valence-electron chi connectivity index (χ3n) is 2.75. The van der Waals surface area contributed by atoms with Gasteiger partial charge in [-0.05, 0) is 0 Å². The Morgan fingerprint density at radius 1 is 1.43 bits per heavy atom. The van der Waals surface area contributed by atoms with Crippen LogP contribution in [0.25, 0.3) is 0 Å². The number of nitrogens with zero attached hydrogens (tertiary/aromatic N) is 3. The fourth-order valence-corrected chi connectivity index (χ4v) is 2.40. The third-order valence-corrected chi connectivity index (χ3v) is 4.44. The molecule has 0 atom stereocenters. The molecular formula is C12H14N4O6S. The number of carboxylic acid groups (broad SMARTS) is 1. The highest BCUT2D eigenvalue weighted by atomic mass is 32.2. The van der Waals surface area contributed by atoms with E-state index in [0.29, 0.717) is 0 Å². The highest BCUT2D eigenvalue weighted by Crippen LogP contribution is 2.17. The van der Waals surface area contributed by atoms with Crippen LogP contribution < -0.4 is 5.32 Å². The van der Waals surface area contributed by atoms with Crippen LogP contribution in [0.4, 0.5) is 5.82 Å². The molecule has 0 bridgehead atoms. The minimum Gasteiger partial charge on any atom is -0.480 e. The SMILES string of the molecule is CN(C)S(=O)(=O)c1cc(C(=O)Nc2ccn(CC(=O)O)n2)co1. The molecule has 0 saturated carbocycles. The molecule has 0 aliphatic rings. The summed E-state index contributed by atoms with van der Waals surface area (Å²) in [5, 5.41) is 14.5. The lowest BCUT2D eigenvalue weighted by atomic mass is 10.3. The quantitative estimate of drug-likeness (QED) is 0.758. The van der Waals surface area contributed by atoms with Gasteiger partial charge in [-0.25, -0.2) is 12.7 Å². The molecule has 0 aliphatic carbocycles. The van der Waals surface area contributed by atoms with Crippen LogP contribution in [-0.2, 0) is 21.4 Å². The second kappa shape index (κ2) is 6.22. The van der Waals surface area contributed by atoms with Crippen molar-refractivity contribution in [1.29, 1.82) is 0 Å². The number of hydrogen-bond acceptors (Lipinski definition) is 6. The lowest BCUT2D eigenvalue weighted by molar-refractivity contribution is -0.137. The Kier molecular flexibility index (Phi) is 4.52. The molecule has 2 N–H and O–H groups in total. The Morgan fingerprint density at radius 2 is 2.13 bits per heavy atom. The van der Waals surface area contributed by atoms with Gasteiger partial charge in [0.1, 0.15) is 12.8 Å². The molecule has 2 rings (SSSR count). The van der Waals surface area contributed by atoms with Gasteiger partial charge in [-0.15, -0.1) is 0 Å². The van der Waals surface area contributed by atoms with Crippen LogP contribution in [0.15, 0.2) is 34.1 Å². The third kappa shape index (κ3) is 3.76. The average Bonchev–Trinajstić information content (AvgIpc) is 3.07. The number of nitrogens with one attached hydrogen (secondary N) is 1. The summed E-state index contributed by atoms with van der Waals surface area (Å²) in [6, 6.07) is 2.51. The van der Waals surface area contributed by atoms with Crippen LogP contribution in [-0.4, -0.2) is 53.6 Å². The van der Waals surface area contributed by atoms with Crippen molar-refractivity contribution >= 4 is 27.7 Å². The Labute approximate surface area is 131 Å². The normalized spacial score (nSPS) is 11.6. The van der Waals surface area contributed by atoms with Crippen molar-refractivity contribution in [3.05, 3.63) is 30.2 Å². The van der Waals surface area contributed by atoms with Gasteiger partial charge in [0.15, 0.2) is 5.82 Å². The zero-order valence-corrected chi connectivity index (χ0v) is 13.1. The summed E-state index contributed by atoms with van der Waals surface area (Å²) in [6.45, 7) is -0.340. The molecular weight excluding hydrogens is 328 g/mol. The van der Waals surface area contributed by atoms with Crippen molar-refractivity contribution in [1.82, 2.24) is 14.1 Å². The molecule has 0 aliphatic heterocycles. The summed E-state index contributed by atoms with van der Waals surface area (Å²) in [5.41, 5.74) is -0.00166. The van der Waals surface area contributed by atoms with Crippen LogP contribution in [0, 0.1) is 0 Å². The number of anilines is 1. The number of hydrogen-bond donors (Lipinski definition) is 2. The van der Waals surface area contributed by atoms with Gasteiger partial charge in [0.05, 0.1) is 5.56 Å². The molecule has 11 heteroatoms.